The smallest absolute Gasteiger partial charge is 0.258 e. The van der Waals surface area contributed by atoms with Gasteiger partial charge in [-0.15, -0.1) is 0 Å². The Balaban J connectivity index is 2.35. The third kappa shape index (κ3) is 4.05. The number of nitrogens with zero attached hydrogens (tertiary/aromatic N) is 2. The van der Waals surface area contributed by atoms with Crippen LogP contribution in [0.1, 0.15) is 24.2 Å². The Morgan fingerprint density at radius 2 is 1.64 bits per heavy atom. The van der Waals surface area contributed by atoms with Gasteiger partial charge in [0.1, 0.15) is 5.82 Å². The molecule has 2 aromatic rings. The van der Waals surface area contributed by atoms with Gasteiger partial charge in [0.2, 0.25) is 10.0 Å². The van der Waals surface area contributed by atoms with Crippen molar-refractivity contribution in [1.82, 2.24) is 4.31 Å². The van der Waals surface area contributed by atoms with Crippen molar-refractivity contribution < 1.29 is 17.6 Å². The minimum Gasteiger partial charge on any atom is -0.311 e. The topological polar surface area (TPSA) is 57.7 Å². The third-order valence-electron chi connectivity index (χ3n) is 3.94. The highest BCUT2D eigenvalue weighted by Gasteiger charge is 2.23. The number of amides is 1. The number of carbonyl (C=O) groups is 1. The summed E-state index contributed by atoms with van der Waals surface area (Å²) < 4.78 is 39.6. The van der Waals surface area contributed by atoms with Gasteiger partial charge in [0.05, 0.1) is 4.90 Å². The van der Waals surface area contributed by atoms with Crippen LogP contribution in [0.2, 0.25) is 0 Å². The Morgan fingerprint density at radius 3 is 2.20 bits per heavy atom. The van der Waals surface area contributed by atoms with Crippen LogP contribution in [-0.4, -0.2) is 38.8 Å². The van der Waals surface area contributed by atoms with Crippen LogP contribution < -0.4 is 4.90 Å². The minimum absolute atomic E-state index is 0.0783. The van der Waals surface area contributed by atoms with Crippen molar-refractivity contribution in [1.29, 1.82) is 0 Å². The molecule has 0 N–H and O–H groups in total. The third-order valence-corrected chi connectivity index (χ3v) is 5.99. The average Bonchev–Trinajstić information content (AvgIpc) is 2.62. The summed E-state index contributed by atoms with van der Waals surface area (Å²) in [4.78, 5) is 14.1. The van der Waals surface area contributed by atoms with E-state index in [0.29, 0.717) is 18.8 Å². The van der Waals surface area contributed by atoms with E-state index in [2.05, 4.69) is 0 Å². The van der Waals surface area contributed by atoms with Crippen LogP contribution in [-0.2, 0) is 10.0 Å². The second-order valence-corrected chi connectivity index (χ2v) is 7.40. The molecule has 0 atom stereocenters. The molecular formula is C18H21FN2O3S. The van der Waals surface area contributed by atoms with Crippen LogP contribution in [0, 0.1) is 5.82 Å². The van der Waals surface area contributed by atoms with Gasteiger partial charge in [-0.05, 0) is 42.5 Å². The number of hydrogen-bond acceptors (Lipinski definition) is 3. The van der Waals surface area contributed by atoms with Crippen LogP contribution in [0.3, 0.4) is 0 Å². The zero-order chi connectivity index (χ0) is 18.6. The van der Waals surface area contributed by atoms with E-state index in [9.17, 15) is 17.6 Å². The van der Waals surface area contributed by atoms with Crippen molar-refractivity contribution in [3.63, 3.8) is 0 Å². The number of sulfonamides is 1. The van der Waals surface area contributed by atoms with Gasteiger partial charge in [-0.1, -0.05) is 19.9 Å². The van der Waals surface area contributed by atoms with Gasteiger partial charge in [0.15, 0.2) is 0 Å². The predicted molar refractivity (Wildman–Crippen MR) is 95.7 cm³/mol. The summed E-state index contributed by atoms with van der Waals surface area (Å²) >= 11 is 0. The Labute approximate surface area is 147 Å². The summed E-state index contributed by atoms with van der Waals surface area (Å²) in [7, 11) is -2.08. The van der Waals surface area contributed by atoms with Crippen LogP contribution >= 0.6 is 0 Å². The Bertz CT molecular complexity index is 847. The lowest BCUT2D eigenvalue weighted by molar-refractivity contribution is 0.0993. The maximum absolute atomic E-state index is 13.0. The van der Waals surface area contributed by atoms with Crippen LogP contribution in [0.15, 0.2) is 53.4 Å². The molecule has 5 nitrogen and oxygen atoms in total. The van der Waals surface area contributed by atoms with Crippen molar-refractivity contribution >= 4 is 21.6 Å². The molecule has 0 saturated heterocycles. The van der Waals surface area contributed by atoms with Crippen molar-refractivity contribution in [2.45, 2.75) is 18.7 Å². The van der Waals surface area contributed by atoms with E-state index >= 15 is 0 Å². The van der Waals surface area contributed by atoms with Crippen molar-refractivity contribution in [2.24, 2.45) is 0 Å². The maximum atomic E-state index is 13.0. The molecule has 134 valence electrons. The fraction of sp³-hybridized carbons (Fsp3) is 0.278. The molecule has 0 fully saturated rings. The van der Waals surface area contributed by atoms with Crippen molar-refractivity contribution in [3.05, 3.63) is 59.9 Å². The molecule has 0 saturated carbocycles. The highest BCUT2D eigenvalue weighted by Crippen LogP contribution is 2.20. The van der Waals surface area contributed by atoms with Gasteiger partial charge in [-0.3, -0.25) is 4.79 Å². The molecule has 0 aliphatic carbocycles. The molecule has 0 aromatic heterocycles. The molecule has 0 bridgehead atoms. The summed E-state index contributed by atoms with van der Waals surface area (Å²) in [6, 6.07) is 11.5. The predicted octanol–water partition coefficient (Wildman–Crippen LogP) is 3.13. The highest BCUT2D eigenvalue weighted by atomic mass is 32.2. The number of carbonyl (C=O) groups excluding carboxylic acids is 1. The summed E-state index contributed by atoms with van der Waals surface area (Å²) in [5, 5.41) is 0. The molecule has 2 rings (SSSR count). The van der Waals surface area contributed by atoms with E-state index < -0.39 is 15.8 Å². The number of anilines is 1. The first-order chi connectivity index (χ1) is 11.8. The number of hydrogen-bond donors (Lipinski definition) is 0. The molecule has 0 radical (unpaired) electrons. The normalized spacial score (nSPS) is 11.6. The van der Waals surface area contributed by atoms with Crippen LogP contribution in [0.4, 0.5) is 10.1 Å². The largest absolute Gasteiger partial charge is 0.311 e. The van der Waals surface area contributed by atoms with E-state index in [0.717, 1.165) is 0 Å². The summed E-state index contributed by atoms with van der Waals surface area (Å²) in [5.74, 6) is -0.764. The first kappa shape index (κ1) is 19.1. The quantitative estimate of drug-likeness (QED) is 0.791. The number of rotatable bonds is 6. The average molecular weight is 364 g/mol. The molecule has 0 aliphatic rings. The fourth-order valence-electron chi connectivity index (χ4n) is 2.48. The molecule has 0 heterocycles. The lowest BCUT2D eigenvalue weighted by Crippen LogP contribution is -2.31. The molecular weight excluding hydrogens is 343 g/mol. The second-order valence-electron chi connectivity index (χ2n) is 5.46. The molecule has 0 unspecified atom stereocenters. The van der Waals surface area contributed by atoms with Gasteiger partial charge >= 0.3 is 0 Å². The summed E-state index contributed by atoms with van der Waals surface area (Å²) in [6.45, 7) is 4.23. The summed E-state index contributed by atoms with van der Waals surface area (Å²) in [6.07, 6.45) is 0. The van der Waals surface area contributed by atoms with E-state index in [-0.39, 0.29) is 16.4 Å². The lowest BCUT2D eigenvalue weighted by Gasteiger charge is -2.20. The van der Waals surface area contributed by atoms with Crippen LogP contribution in [0.5, 0.6) is 0 Å². The standard InChI is InChI=1S/C18H21FN2O3S/c1-4-21(5-2)25(23,24)17-8-6-7-14(13-17)18(22)20(3)16-11-9-15(19)10-12-16/h6-13H,4-5H2,1-3H3. The Kier molecular flexibility index (Phi) is 5.92. The second kappa shape index (κ2) is 7.76. The number of halogens is 1. The molecule has 7 heteroatoms. The van der Waals surface area contributed by atoms with Crippen LogP contribution in [0.25, 0.3) is 0 Å². The summed E-state index contributed by atoms with van der Waals surface area (Å²) in [5.41, 5.74) is 0.767. The zero-order valence-corrected chi connectivity index (χ0v) is 15.3. The number of benzene rings is 2. The van der Waals surface area contributed by atoms with Gasteiger partial charge in [-0.25, -0.2) is 12.8 Å². The highest BCUT2D eigenvalue weighted by molar-refractivity contribution is 7.89. The van der Waals surface area contributed by atoms with E-state index in [1.807, 2.05) is 0 Å². The first-order valence-corrected chi connectivity index (χ1v) is 9.39. The molecule has 25 heavy (non-hydrogen) atoms. The van der Waals surface area contributed by atoms with E-state index in [4.69, 9.17) is 0 Å². The maximum Gasteiger partial charge on any atom is 0.258 e. The molecule has 2 aromatic carbocycles. The lowest BCUT2D eigenvalue weighted by atomic mass is 10.2. The first-order valence-electron chi connectivity index (χ1n) is 7.95. The minimum atomic E-state index is -3.64. The Morgan fingerprint density at radius 1 is 1.04 bits per heavy atom. The van der Waals surface area contributed by atoms with Gasteiger partial charge < -0.3 is 4.90 Å². The van der Waals surface area contributed by atoms with Crippen molar-refractivity contribution in [3.8, 4) is 0 Å². The molecule has 0 aliphatic heterocycles. The Hall–Kier alpha value is -2.25. The van der Waals surface area contributed by atoms with E-state index in [1.54, 1.807) is 33.0 Å². The monoisotopic (exact) mass is 364 g/mol. The van der Waals surface area contributed by atoms with Gasteiger partial charge in [0.25, 0.3) is 5.91 Å². The van der Waals surface area contributed by atoms with Gasteiger partial charge in [-0.2, -0.15) is 4.31 Å². The van der Waals surface area contributed by atoms with E-state index in [1.165, 1.54) is 45.6 Å². The fourth-order valence-corrected chi connectivity index (χ4v) is 3.98. The zero-order valence-electron chi connectivity index (χ0n) is 14.4. The molecule has 0 spiro atoms. The SMILES string of the molecule is CCN(CC)S(=O)(=O)c1cccc(C(=O)N(C)c2ccc(F)cc2)c1. The van der Waals surface area contributed by atoms with Gasteiger partial charge in [0, 0.05) is 31.4 Å². The molecule has 1 amide bonds. The van der Waals surface area contributed by atoms with Crippen molar-refractivity contribution in [2.75, 3.05) is 25.0 Å².